The topological polar surface area (TPSA) is 64.4 Å². The van der Waals surface area contributed by atoms with Crippen molar-refractivity contribution >= 4 is 29.0 Å². The molecule has 3 aliphatic heterocycles. The zero-order chi connectivity index (χ0) is 23.6. The largest absolute Gasteiger partial charge is 0.354 e. The first kappa shape index (κ1) is 21.8. The minimum atomic E-state index is 0.196. The summed E-state index contributed by atoms with van der Waals surface area (Å²) < 4.78 is 0. The third kappa shape index (κ3) is 4.38. The van der Waals surface area contributed by atoms with Gasteiger partial charge in [-0.2, -0.15) is 5.10 Å². The van der Waals surface area contributed by atoms with Crippen LogP contribution >= 0.6 is 0 Å². The number of hydrogen-bond donors (Lipinski definition) is 0. The molecule has 1 aromatic heterocycles. The Hall–Kier alpha value is -3.74. The van der Waals surface area contributed by atoms with E-state index >= 15 is 0 Å². The van der Waals surface area contributed by atoms with Crippen molar-refractivity contribution in [2.24, 2.45) is 16.1 Å². The Morgan fingerprint density at radius 1 is 0.914 bits per heavy atom. The third-order valence-electron chi connectivity index (χ3n) is 7.34. The monoisotopic (exact) mass is 466 g/mol. The van der Waals surface area contributed by atoms with E-state index in [0.29, 0.717) is 6.42 Å². The molecule has 4 heterocycles. The van der Waals surface area contributed by atoms with Gasteiger partial charge in [-0.1, -0.05) is 48.6 Å². The molecule has 2 fully saturated rings. The van der Waals surface area contributed by atoms with E-state index in [1.807, 2.05) is 29.3 Å². The predicted octanol–water partition coefficient (Wildman–Crippen LogP) is 3.84. The second-order valence-corrected chi connectivity index (χ2v) is 9.50. The predicted molar refractivity (Wildman–Crippen MR) is 140 cm³/mol. The summed E-state index contributed by atoms with van der Waals surface area (Å²) in [5.74, 6) is 2.53. The van der Waals surface area contributed by atoms with Gasteiger partial charge in [0.25, 0.3) is 0 Å². The van der Waals surface area contributed by atoms with Gasteiger partial charge >= 0.3 is 0 Å². The summed E-state index contributed by atoms with van der Waals surface area (Å²) in [6.07, 6.45) is 11.8. The van der Waals surface area contributed by atoms with E-state index in [-0.39, 0.29) is 11.8 Å². The highest BCUT2D eigenvalue weighted by Crippen LogP contribution is 2.31. The van der Waals surface area contributed by atoms with Crippen molar-refractivity contribution in [2.45, 2.75) is 25.7 Å². The lowest BCUT2D eigenvalue weighted by molar-refractivity contribution is -0.117. The van der Waals surface area contributed by atoms with E-state index in [1.54, 1.807) is 0 Å². The second kappa shape index (κ2) is 9.49. The zero-order valence-electron chi connectivity index (χ0n) is 19.9. The molecular formula is C28H30N6O. The van der Waals surface area contributed by atoms with Crippen LogP contribution in [0, 0.1) is 5.92 Å². The minimum Gasteiger partial charge on any atom is -0.354 e. The molecular weight excluding hydrogens is 436 g/mol. The number of pyridine rings is 1. The van der Waals surface area contributed by atoms with Crippen molar-refractivity contribution in [1.82, 2.24) is 9.88 Å². The molecule has 2 saturated heterocycles. The molecule has 1 aliphatic carbocycles. The molecule has 1 unspecified atom stereocenters. The van der Waals surface area contributed by atoms with Crippen LogP contribution in [0.15, 0.2) is 82.7 Å². The molecule has 1 atom stereocenters. The first-order chi connectivity index (χ1) is 17.3. The molecule has 2 aromatic rings. The van der Waals surface area contributed by atoms with E-state index in [4.69, 9.17) is 10.2 Å². The van der Waals surface area contributed by atoms with Gasteiger partial charge in [-0.05, 0) is 36.1 Å². The fourth-order valence-electron chi connectivity index (χ4n) is 5.43. The van der Waals surface area contributed by atoms with Gasteiger partial charge in [0.1, 0.15) is 11.7 Å². The molecule has 0 N–H and O–H groups in total. The van der Waals surface area contributed by atoms with Crippen molar-refractivity contribution in [3.8, 4) is 0 Å². The fraction of sp³-hybridized carbons (Fsp3) is 0.357. The number of amides is 1. The number of amidine groups is 1. The van der Waals surface area contributed by atoms with Crippen LogP contribution < -0.4 is 9.80 Å². The SMILES string of the molecule is O=C1CCCN1c1ccc(N2CCN(C3=NN=C(Cc4ccccc4)C4=CC=CCC43)CC2)nc1. The Morgan fingerprint density at radius 2 is 1.74 bits per heavy atom. The number of hydrogen-bond acceptors (Lipinski definition) is 6. The first-order valence-electron chi connectivity index (χ1n) is 12.6. The molecule has 0 radical (unpaired) electrons. The fourth-order valence-corrected chi connectivity index (χ4v) is 5.43. The number of carbonyl (C=O) groups is 1. The average Bonchev–Trinajstić information content (AvgIpc) is 3.35. The Kier molecular flexibility index (Phi) is 5.90. The lowest BCUT2D eigenvalue weighted by Gasteiger charge is -2.40. The number of aromatic nitrogens is 1. The Bertz CT molecular complexity index is 1210. The van der Waals surface area contributed by atoms with Gasteiger partial charge in [0, 0.05) is 51.5 Å². The number of anilines is 2. The number of fused-ring (bicyclic) bond motifs is 1. The maximum absolute atomic E-state index is 12.0. The van der Waals surface area contributed by atoms with Crippen LogP contribution in [0.25, 0.3) is 0 Å². The van der Waals surface area contributed by atoms with Gasteiger partial charge < -0.3 is 14.7 Å². The van der Waals surface area contributed by atoms with E-state index in [2.05, 4.69) is 57.3 Å². The minimum absolute atomic E-state index is 0.196. The van der Waals surface area contributed by atoms with Gasteiger partial charge in [-0.15, -0.1) is 5.10 Å². The first-order valence-corrected chi connectivity index (χ1v) is 12.6. The van der Waals surface area contributed by atoms with Crippen LogP contribution in [0.1, 0.15) is 24.8 Å². The van der Waals surface area contributed by atoms with Crippen molar-refractivity contribution in [1.29, 1.82) is 0 Å². The summed E-state index contributed by atoms with van der Waals surface area (Å²) in [5.41, 5.74) is 4.55. The summed E-state index contributed by atoms with van der Waals surface area (Å²) in [6.45, 7) is 4.35. The molecule has 0 saturated carbocycles. The molecule has 0 spiro atoms. The maximum Gasteiger partial charge on any atom is 0.227 e. The second-order valence-electron chi connectivity index (χ2n) is 9.50. The number of rotatable bonds is 4. The average molecular weight is 467 g/mol. The van der Waals surface area contributed by atoms with Crippen LogP contribution in [-0.2, 0) is 11.2 Å². The van der Waals surface area contributed by atoms with Crippen molar-refractivity contribution < 1.29 is 4.79 Å². The van der Waals surface area contributed by atoms with Crippen molar-refractivity contribution in [2.75, 3.05) is 42.5 Å². The smallest absolute Gasteiger partial charge is 0.227 e. The number of benzene rings is 1. The summed E-state index contributed by atoms with van der Waals surface area (Å²) in [7, 11) is 0. The summed E-state index contributed by atoms with van der Waals surface area (Å²) in [4.78, 5) is 23.2. The summed E-state index contributed by atoms with van der Waals surface area (Å²) in [6, 6.07) is 14.6. The van der Waals surface area contributed by atoms with Gasteiger partial charge in [0.05, 0.1) is 17.6 Å². The third-order valence-corrected chi connectivity index (χ3v) is 7.34. The van der Waals surface area contributed by atoms with Gasteiger partial charge in [0.2, 0.25) is 5.91 Å². The Labute approximate surface area is 206 Å². The number of nitrogens with zero attached hydrogens (tertiary/aromatic N) is 6. The molecule has 1 amide bonds. The summed E-state index contributed by atoms with van der Waals surface area (Å²) >= 11 is 0. The molecule has 1 aromatic carbocycles. The molecule has 178 valence electrons. The standard InChI is InChI=1S/C28H30N6O/c35-27-11-6-14-34(27)22-12-13-26(29-20-22)32-15-17-33(18-16-32)28-24-10-5-4-9-23(24)25(30-31-28)19-21-7-2-1-3-8-21/h1-5,7-9,12-13,20,24H,6,10-11,14-19H2. The van der Waals surface area contributed by atoms with E-state index in [0.717, 1.165) is 75.0 Å². The number of carbonyl (C=O) groups excluding carboxylic acids is 1. The van der Waals surface area contributed by atoms with Crippen molar-refractivity contribution in [3.63, 3.8) is 0 Å². The van der Waals surface area contributed by atoms with Crippen LogP contribution in [0.4, 0.5) is 11.5 Å². The zero-order valence-corrected chi connectivity index (χ0v) is 19.9. The Balaban J connectivity index is 1.14. The lowest BCUT2D eigenvalue weighted by Crippen LogP contribution is -2.51. The van der Waals surface area contributed by atoms with E-state index in [9.17, 15) is 4.79 Å². The van der Waals surface area contributed by atoms with E-state index < -0.39 is 0 Å². The van der Waals surface area contributed by atoms with Crippen LogP contribution in [0.5, 0.6) is 0 Å². The van der Waals surface area contributed by atoms with Gasteiger partial charge in [-0.25, -0.2) is 4.98 Å². The number of piperazine rings is 1. The number of allylic oxidation sites excluding steroid dienone is 3. The highest BCUT2D eigenvalue weighted by atomic mass is 16.2. The molecule has 7 heteroatoms. The molecule has 6 rings (SSSR count). The normalized spacial score (nSPS) is 22.1. The molecule has 35 heavy (non-hydrogen) atoms. The molecule has 4 aliphatic rings. The molecule has 7 nitrogen and oxygen atoms in total. The summed E-state index contributed by atoms with van der Waals surface area (Å²) in [5, 5.41) is 9.46. The van der Waals surface area contributed by atoms with Crippen LogP contribution in [-0.4, -0.2) is 60.1 Å². The maximum atomic E-state index is 12.0. The Morgan fingerprint density at radius 3 is 2.49 bits per heavy atom. The highest BCUT2D eigenvalue weighted by molar-refractivity contribution is 6.09. The molecule has 0 bridgehead atoms. The lowest BCUT2D eigenvalue weighted by atomic mass is 9.84. The van der Waals surface area contributed by atoms with Crippen LogP contribution in [0.3, 0.4) is 0 Å². The van der Waals surface area contributed by atoms with Crippen molar-refractivity contribution in [3.05, 3.63) is 78.0 Å². The van der Waals surface area contributed by atoms with Crippen LogP contribution in [0.2, 0.25) is 0 Å². The highest BCUT2D eigenvalue weighted by Gasteiger charge is 2.33. The van der Waals surface area contributed by atoms with Gasteiger partial charge in [0.15, 0.2) is 0 Å². The quantitative estimate of drug-likeness (QED) is 0.687. The van der Waals surface area contributed by atoms with Gasteiger partial charge in [-0.3, -0.25) is 4.79 Å². The van der Waals surface area contributed by atoms with E-state index in [1.165, 1.54) is 11.1 Å².